The number of hydrogen-bond donors (Lipinski definition) is 0. The molecule has 0 saturated heterocycles. The quantitative estimate of drug-likeness (QED) is 0.231. The van der Waals surface area contributed by atoms with Gasteiger partial charge in [0.1, 0.15) is 0 Å². The first kappa shape index (κ1) is 22.5. The average molecular weight is 519 g/mol. The van der Waals surface area contributed by atoms with Gasteiger partial charge in [-0.1, -0.05) is 86.6 Å². The third kappa shape index (κ3) is 3.30. The Bertz CT molecular complexity index is 2050. The van der Waals surface area contributed by atoms with E-state index in [0.717, 1.165) is 28.0 Å². The van der Waals surface area contributed by atoms with E-state index in [1.807, 2.05) is 17.5 Å². The molecule has 0 fully saturated rings. The van der Waals surface area contributed by atoms with Crippen LogP contribution in [0.4, 0.5) is 17.1 Å². The van der Waals surface area contributed by atoms with Crippen LogP contribution in [-0.4, -0.2) is 4.98 Å². The Kier molecular flexibility index (Phi) is 4.77. The Balaban J connectivity index is 1.32. The maximum absolute atomic E-state index is 4.92. The lowest BCUT2D eigenvalue weighted by atomic mass is 9.82. The molecule has 7 aromatic rings. The van der Waals surface area contributed by atoms with Gasteiger partial charge in [-0.25, -0.2) is 0 Å². The van der Waals surface area contributed by atoms with Gasteiger partial charge >= 0.3 is 0 Å². The highest BCUT2D eigenvalue weighted by Crippen LogP contribution is 2.50. The number of nitrogens with zero attached hydrogens (tertiary/aromatic N) is 2. The maximum atomic E-state index is 4.92. The van der Waals surface area contributed by atoms with Crippen molar-refractivity contribution in [2.75, 3.05) is 4.90 Å². The first-order valence-corrected chi connectivity index (χ1v) is 14.2. The molecule has 0 saturated carbocycles. The van der Waals surface area contributed by atoms with Crippen LogP contribution in [-0.2, 0) is 5.41 Å². The molecule has 39 heavy (non-hydrogen) atoms. The molecule has 186 valence electrons. The fraction of sp³-hybridized carbons (Fsp3) is 0.0833. The summed E-state index contributed by atoms with van der Waals surface area (Å²) < 4.78 is 2.53. The Hall–Kier alpha value is -4.47. The van der Waals surface area contributed by atoms with Gasteiger partial charge in [-0.3, -0.25) is 4.98 Å². The minimum Gasteiger partial charge on any atom is -0.310 e. The molecule has 2 aromatic heterocycles. The number of benzene rings is 5. The summed E-state index contributed by atoms with van der Waals surface area (Å²) >= 11 is 1.83. The van der Waals surface area contributed by atoms with E-state index in [0.29, 0.717) is 0 Å². The number of rotatable bonds is 3. The highest BCUT2D eigenvalue weighted by molar-refractivity contribution is 7.26. The van der Waals surface area contributed by atoms with Gasteiger partial charge in [0, 0.05) is 49.5 Å². The fourth-order valence-electron chi connectivity index (χ4n) is 6.34. The molecule has 0 amide bonds. The van der Waals surface area contributed by atoms with Crippen molar-refractivity contribution in [3.05, 3.63) is 133 Å². The van der Waals surface area contributed by atoms with Crippen molar-refractivity contribution in [1.82, 2.24) is 4.98 Å². The Morgan fingerprint density at radius 3 is 2.23 bits per heavy atom. The van der Waals surface area contributed by atoms with Crippen LogP contribution in [0.15, 0.2) is 121 Å². The molecule has 0 aliphatic heterocycles. The van der Waals surface area contributed by atoms with Crippen molar-refractivity contribution >= 4 is 59.5 Å². The van der Waals surface area contributed by atoms with E-state index < -0.39 is 0 Å². The SMILES string of the molecule is CC1(C)c2ccccc2-c2ccc(N(c3ccccc3)c3ccc4c(cnc5c6ccccc6sc45)c3)cc21. The first-order valence-electron chi connectivity index (χ1n) is 13.4. The number of aromatic nitrogens is 1. The van der Waals surface area contributed by atoms with Crippen LogP contribution in [0.3, 0.4) is 0 Å². The minimum atomic E-state index is -0.0512. The molecule has 5 aromatic carbocycles. The lowest BCUT2D eigenvalue weighted by Gasteiger charge is -2.28. The molecular weight excluding hydrogens is 492 g/mol. The van der Waals surface area contributed by atoms with Gasteiger partial charge < -0.3 is 4.90 Å². The summed E-state index contributed by atoms with van der Waals surface area (Å²) in [5.74, 6) is 0. The molecule has 2 heterocycles. The standard InChI is InChI=1S/C36H26N2S/c1-36(2)31-14-8-6-12-28(31)29-19-17-26(21-32(29)36)38(24-10-4-3-5-11-24)25-16-18-27-23(20-25)22-37-34-30-13-7-9-15-33(30)39-35(27)34/h3-22H,1-2H3. The molecule has 2 nitrogen and oxygen atoms in total. The van der Waals surface area contributed by atoms with Crippen LogP contribution in [0.1, 0.15) is 25.0 Å². The van der Waals surface area contributed by atoms with Gasteiger partial charge in [-0.15, -0.1) is 11.3 Å². The van der Waals surface area contributed by atoms with Crippen molar-refractivity contribution in [1.29, 1.82) is 0 Å². The van der Waals surface area contributed by atoms with Gasteiger partial charge in [0.15, 0.2) is 0 Å². The van der Waals surface area contributed by atoms with E-state index in [1.165, 1.54) is 42.4 Å². The fourth-order valence-corrected chi connectivity index (χ4v) is 7.53. The Morgan fingerprint density at radius 2 is 1.33 bits per heavy atom. The number of thiophene rings is 1. The molecule has 1 aliphatic carbocycles. The van der Waals surface area contributed by atoms with Crippen LogP contribution in [0.25, 0.3) is 42.2 Å². The lowest BCUT2D eigenvalue weighted by molar-refractivity contribution is 0.660. The zero-order chi connectivity index (χ0) is 26.1. The number of fused-ring (bicyclic) bond motifs is 8. The monoisotopic (exact) mass is 518 g/mol. The summed E-state index contributed by atoms with van der Waals surface area (Å²) in [6, 6.07) is 41.8. The Labute approximate surface area is 231 Å². The minimum absolute atomic E-state index is 0.0512. The summed E-state index contributed by atoms with van der Waals surface area (Å²) in [5.41, 5.74) is 9.92. The predicted molar refractivity (Wildman–Crippen MR) is 167 cm³/mol. The van der Waals surface area contributed by atoms with Crippen molar-refractivity contribution < 1.29 is 0 Å². The largest absolute Gasteiger partial charge is 0.310 e. The van der Waals surface area contributed by atoms with Gasteiger partial charge in [0.25, 0.3) is 0 Å². The van der Waals surface area contributed by atoms with Crippen molar-refractivity contribution in [2.45, 2.75) is 19.3 Å². The molecule has 0 spiro atoms. The van der Waals surface area contributed by atoms with Crippen LogP contribution in [0, 0.1) is 0 Å². The molecule has 0 atom stereocenters. The second-order valence-corrected chi connectivity index (χ2v) is 11.9. The number of hydrogen-bond acceptors (Lipinski definition) is 3. The van der Waals surface area contributed by atoms with Crippen LogP contribution in [0.2, 0.25) is 0 Å². The maximum Gasteiger partial charge on any atom is 0.0894 e. The van der Waals surface area contributed by atoms with Crippen LogP contribution >= 0.6 is 11.3 Å². The van der Waals surface area contributed by atoms with Crippen molar-refractivity contribution in [3.8, 4) is 11.1 Å². The highest BCUT2D eigenvalue weighted by atomic mass is 32.1. The smallest absolute Gasteiger partial charge is 0.0894 e. The normalized spacial score (nSPS) is 13.6. The van der Waals surface area contributed by atoms with E-state index in [9.17, 15) is 0 Å². The molecule has 0 radical (unpaired) electrons. The van der Waals surface area contributed by atoms with E-state index in [4.69, 9.17) is 4.98 Å². The van der Waals surface area contributed by atoms with E-state index in [1.54, 1.807) is 0 Å². The van der Waals surface area contributed by atoms with E-state index in [2.05, 4.69) is 134 Å². The van der Waals surface area contributed by atoms with Gasteiger partial charge in [0.05, 0.1) is 10.2 Å². The van der Waals surface area contributed by atoms with E-state index in [-0.39, 0.29) is 5.41 Å². The van der Waals surface area contributed by atoms with Gasteiger partial charge in [0.2, 0.25) is 0 Å². The number of pyridine rings is 1. The summed E-state index contributed by atoms with van der Waals surface area (Å²) in [5, 5.41) is 3.64. The zero-order valence-electron chi connectivity index (χ0n) is 21.8. The zero-order valence-corrected chi connectivity index (χ0v) is 22.7. The third-order valence-electron chi connectivity index (χ3n) is 8.28. The molecule has 8 rings (SSSR count). The summed E-state index contributed by atoms with van der Waals surface area (Å²) in [4.78, 5) is 7.29. The molecular formula is C36H26N2S. The molecule has 0 N–H and O–H groups in total. The van der Waals surface area contributed by atoms with Gasteiger partial charge in [-0.05, 0) is 64.7 Å². The van der Waals surface area contributed by atoms with Crippen LogP contribution < -0.4 is 4.90 Å². The van der Waals surface area contributed by atoms with E-state index >= 15 is 0 Å². The summed E-state index contributed by atoms with van der Waals surface area (Å²) in [6.07, 6.45) is 2.03. The second kappa shape index (κ2) is 8.26. The molecule has 0 bridgehead atoms. The topological polar surface area (TPSA) is 16.1 Å². The number of anilines is 3. The first-order chi connectivity index (χ1) is 19.1. The molecule has 3 heteroatoms. The molecule has 1 aliphatic rings. The Morgan fingerprint density at radius 1 is 0.615 bits per heavy atom. The highest BCUT2D eigenvalue weighted by Gasteiger charge is 2.35. The lowest BCUT2D eigenvalue weighted by Crippen LogP contribution is -2.16. The molecule has 0 unspecified atom stereocenters. The number of para-hydroxylation sites is 1. The average Bonchev–Trinajstić information content (AvgIpc) is 3.47. The third-order valence-corrected chi connectivity index (χ3v) is 9.47. The summed E-state index contributed by atoms with van der Waals surface area (Å²) in [7, 11) is 0. The van der Waals surface area contributed by atoms with Gasteiger partial charge in [-0.2, -0.15) is 0 Å². The van der Waals surface area contributed by atoms with Crippen LogP contribution in [0.5, 0.6) is 0 Å². The van der Waals surface area contributed by atoms with Crippen molar-refractivity contribution in [2.24, 2.45) is 0 Å². The predicted octanol–water partition coefficient (Wildman–Crippen LogP) is 10.4. The summed E-state index contributed by atoms with van der Waals surface area (Å²) in [6.45, 7) is 4.68. The second-order valence-electron chi connectivity index (χ2n) is 10.9. The van der Waals surface area contributed by atoms with Crippen molar-refractivity contribution in [3.63, 3.8) is 0 Å².